The van der Waals surface area contributed by atoms with E-state index >= 15 is 0 Å². The van der Waals surface area contributed by atoms with E-state index in [-0.39, 0.29) is 0 Å². The molecular formula is C11H14ClN3S2. The van der Waals surface area contributed by atoms with E-state index in [1.54, 1.807) is 11.3 Å². The van der Waals surface area contributed by atoms with Crippen molar-refractivity contribution in [1.29, 1.82) is 0 Å². The van der Waals surface area contributed by atoms with Crippen LogP contribution in [0.25, 0.3) is 9.88 Å². The predicted octanol–water partition coefficient (Wildman–Crippen LogP) is 3.67. The number of halogens is 1. The summed E-state index contributed by atoms with van der Waals surface area (Å²) in [5.41, 5.74) is 0. The quantitative estimate of drug-likeness (QED) is 0.912. The molecule has 0 atom stereocenters. The standard InChI is InChI=1S/C11H14ClN3S2/c1-7(2)5-13-6-10-14-15-11(17-10)8-3-4-9(12)16-8/h3-4,7,13H,5-6H2,1-2H3. The first-order chi connectivity index (χ1) is 8.15. The van der Waals surface area contributed by atoms with Crippen LogP contribution in [-0.2, 0) is 6.54 Å². The van der Waals surface area contributed by atoms with E-state index < -0.39 is 0 Å². The molecule has 0 aliphatic carbocycles. The van der Waals surface area contributed by atoms with E-state index in [0.29, 0.717) is 5.92 Å². The van der Waals surface area contributed by atoms with Crippen molar-refractivity contribution < 1.29 is 0 Å². The molecule has 0 bridgehead atoms. The third-order valence-corrected chi connectivity index (χ3v) is 4.40. The molecule has 2 aromatic rings. The van der Waals surface area contributed by atoms with Crippen molar-refractivity contribution in [2.24, 2.45) is 5.92 Å². The summed E-state index contributed by atoms with van der Waals surface area (Å²) in [6.07, 6.45) is 0. The summed E-state index contributed by atoms with van der Waals surface area (Å²) in [4.78, 5) is 1.09. The Morgan fingerprint density at radius 1 is 1.29 bits per heavy atom. The Bertz CT molecular complexity index is 479. The van der Waals surface area contributed by atoms with Gasteiger partial charge >= 0.3 is 0 Å². The van der Waals surface area contributed by atoms with Gasteiger partial charge in [-0.3, -0.25) is 0 Å². The highest BCUT2D eigenvalue weighted by Crippen LogP contribution is 2.32. The maximum Gasteiger partial charge on any atom is 0.157 e. The number of rotatable bonds is 5. The predicted molar refractivity (Wildman–Crippen MR) is 74.8 cm³/mol. The number of aromatic nitrogens is 2. The Morgan fingerprint density at radius 2 is 2.12 bits per heavy atom. The van der Waals surface area contributed by atoms with Crippen molar-refractivity contribution >= 4 is 34.3 Å². The topological polar surface area (TPSA) is 37.8 Å². The van der Waals surface area contributed by atoms with Gasteiger partial charge in [0.15, 0.2) is 5.01 Å². The molecule has 2 rings (SSSR count). The molecule has 6 heteroatoms. The highest BCUT2D eigenvalue weighted by atomic mass is 35.5. The molecule has 0 aromatic carbocycles. The van der Waals surface area contributed by atoms with Gasteiger partial charge < -0.3 is 5.32 Å². The molecule has 2 aromatic heterocycles. The maximum atomic E-state index is 5.90. The molecule has 17 heavy (non-hydrogen) atoms. The van der Waals surface area contributed by atoms with Crippen LogP contribution in [0.4, 0.5) is 0 Å². The van der Waals surface area contributed by atoms with Crippen LogP contribution in [0.15, 0.2) is 12.1 Å². The zero-order valence-corrected chi connectivity index (χ0v) is 12.1. The third-order valence-electron chi connectivity index (χ3n) is 2.08. The largest absolute Gasteiger partial charge is 0.310 e. The molecule has 0 amide bonds. The van der Waals surface area contributed by atoms with Crippen LogP contribution in [0.1, 0.15) is 18.9 Å². The molecule has 0 unspecified atom stereocenters. The molecule has 0 spiro atoms. The lowest BCUT2D eigenvalue weighted by Crippen LogP contribution is -2.18. The average Bonchev–Trinajstić information content (AvgIpc) is 2.86. The van der Waals surface area contributed by atoms with E-state index in [1.807, 2.05) is 12.1 Å². The Balaban J connectivity index is 1.96. The van der Waals surface area contributed by atoms with Crippen molar-refractivity contribution in [3.05, 3.63) is 21.5 Å². The van der Waals surface area contributed by atoms with Gasteiger partial charge in [0.2, 0.25) is 0 Å². The van der Waals surface area contributed by atoms with Gasteiger partial charge in [-0.15, -0.1) is 21.5 Å². The summed E-state index contributed by atoms with van der Waals surface area (Å²) in [6.45, 7) is 6.16. The van der Waals surface area contributed by atoms with Crippen LogP contribution in [0.2, 0.25) is 4.34 Å². The number of nitrogens with one attached hydrogen (secondary N) is 1. The fourth-order valence-corrected chi connectivity index (χ4v) is 3.22. The van der Waals surface area contributed by atoms with E-state index in [1.165, 1.54) is 11.3 Å². The van der Waals surface area contributed by atoms with Crippen LogP contribution in [-0.4, -0.2) is 16.7 Å². The van der Waals surface area contributed by atoms with Crippen molar-refractivity contribution in [2.75, 3.05) is 6.54 Å². The first kappa shape index (κ1) is 13.0. The summed E-state index contributed by atoms with van der Waals surface area (Å²) >= 11 is 9.05. The second-order valence-electron chi connectivity index (χ2n) is 4.13. The minimum absolute atomic E-state index is 0.651. The highest BCUT2D eigenvalue weighted by molar-refractivity contribution is 7.23. The van der Waals surface area contributed by atoms with Gasteiger partial charge in [-0.25, -0.2) is 0 Å². The summed E-state index contributed by atoms with van der Waals surface area (Å²) < 4.78 is 0.787. The molecule has 1 N–H and O–H groups in total. The Hall–Kier alpha value is -0.490. The maximum absolute atomic E-state index is 5.90. The van der Waals surface area contributed by atoms with Crippen LogP contribution >= 0.6 is 34.3 Å². The molecular weight excluding hydrogens is 274 g/mol. The van der Waals surface area contributed by atoms with Gasteiger partial charge in [-0.2, -0.15) is 0 Å². The number of hydrogen-bond donors (Lipinski definition) is 1. The average molecular weight is 288 g/mol. The molecule has 0 aliphatic heterocycles. The van der Waals surface area contributed by atoms with E-state index in [2.05, 4.69) is 29.4 Å². The minimum Gasteiger partial charge on any atom is -0.310 e. The van der Waals surface area contributed by atoms with Crippen molar-refractivity contribution in [3.63, 3.8) is 0 Å². The number of hydrogen-bond acceptors (Lipinski definition) is 5. The SMILES string of the molecule is CC(C)CNCc1nnc(-c2ccc(Cl)s2)s1. The smallest absolute Gasteiger partial charge is 0.157 e. The lowest BCUT2D eigenvalue weighted by Gasteiger charge is -2.03. The van der Waals surface area contributed by atoms with E-state index in [4.69, 9.17) is 11.6 Å². The molecule has 0 fully saturated rings. The molecule has 3 nitrogen and oxygen atoms in total. The second-order valence-corrected chi connectivity index (χ2v) is 6.91. The van der Waals surface area contributed by atoms with Gasteiger partial charge in [0.1, 0.15) is 5.01 Å². The van der Waals surface area contributed by atoms with Gasteiger partial charge in [-0.1, -0.05) is 36.8 Å². The highest BCUT2D eigenvalue weighted by Gasteiger charge is 2.08. The summed E-state index contributed by atoms with van der Waals surface area (Å²) in [6, 6.07) is 3.87. The van der Waals surface area contributed by atoms with Gasteiger partial charge in [0.05, 0.1) is 9.21 Å². The summed E-state index contributed by atoms with van der Waals surface area (Å²) in [5.74, 6) is 0.651. The molecule has 0 aliphatic rings. The van der Waals surface area contributed by atoms with Crippen molar-refractivity contribution in [1.82, 2.24) is 15.5 Å². The zero-order chi connectivity index (χ0) is 12.3. The third kappa shape index (κ3) is 3.74. The lowest BCUT2D eigenvalue weighted by atomic mass is 10.2. The van der Waals surface area contributed by atoms with Gasteiger partial charge in [0, 0.05) is 6.54 Å². The molecule has 0 radical (unpaired) electrons. The fraction of sp³-hybridized carbons (Fsp3) is 0.455. The second kappa shape index (κ2) is 5.91. The van der Waals surface area contributed by atoms with Crippen LogP contribution in [0.5, 0.6) is 0 Å². The summed E-state index contributed by atoms with van der Waals surface area (Å²) in [5, 5.41) is 13.7. The monoisotopic (exact) mass is 287 g/mol. The fourth-order valence-electron chi connectivity index (χ4n) is 1.32. The molecule has 2 heterocycles. The van der Waals surface area contributed by atoms with Crippen molar-refractivity contribution in [2.45, 2.75) is 20.4 Å². The first-order valence-electron chi connectivity index (χ1n) is 5.44. The van der Waals surface area contributed by atoms with Crippen LogP contribution < -0.4 is 5.32 Å². The normalized spacial score (nSPS) is 11.3. The Labute approximate surface area is 114 Å². The van der Waals surface area contributed by atoms with Crippen LogP contribution in [0, 0.1) is 5.92 Å². The summed E-state index contributed by atoms with van der Waals surface area (Å²) in [7, 11) is 0. The molecule has 0 saturated heterocycles. The Morgan fingerprint density at radius 3 is 2.76 bits per heavy atom. The lowest BCUT2D eigenvalue weighted by molar-refractivity contribution is 0.550. The van der Waals surface area contributed by atoms with Crippen LogP contribution in [0.3, 0.4) is 0 Å². The number of thiophene rings is 1. The van der Waals surface area contributed by atoms with Gasteiger partial charge in [0.25, 0.3) is 0 Å². The van der Waals surface area contributed by atoms with E-state index in [9.17, 15) is 0 Å². The molecule has 0 saturated carbocycles. The van der Waals surface area contributed by atoms with Gasteiger partial charge in [-0.05, 0) is 24.6 Å². The Kier molecular flexibility index (Phi) is 4.50. The van der Waals surface area contributed by atoms with Crippen molar-refractivity contribution in [3.8, 4) is 9.88 Å². The zero-order valence-electron chi connectivity index (χ0n) is 9.74. The first-order valence-corrected chi connectivity index (χ1v) is 7.45. The number of nitrogens with zero attached hydrogens (tertiary/aromatic N) is 2. The minimum atomic E-state index is 0.651. The van der Waals surface area contributed by atoms with E-state index in [0.717, 1.165) is 32.3 Å². The molecule has 92 valence electrons.